The molecule has 0 aromatic carbocycles. The van der Waals surface area contributed by atoms with Gasteiger partial charge in [-0.3, -0.25) is 4.79 Å². The molecule has 0 saturated carbocycles. The van der Waals surface area contributed by atoms with Crippen molar-refractivity contribution in [2.24, 2.45) is 5.14 Å². The maximum Gasteiger partial charge on any atom is 0.298 e. The Bertz CT molecular complexity index is 244. The molecule has 0 atom stereocenters. The highest BCUT2D eigenvalue weighted by Crippen LogP contribution is 1.88. The molecule has 0 fully saturated rings. The van der Waals surface area contributed by atoms with Gasteiger partial charge in [0.15, 0.2) is 0 Å². The number of allylic oxidation sites excluding steroid dienone is 1. The average Bonchev–Trinajstić information content (AvgIpc) is 1.79. The fraction of sp³-hybridized carbons (Fsp3) is 0.400. The molecule has 0 aromatic rings. The molecule has 0 aliphatic rings. The molecule has 0 aromatic heterocycles. The number of nitrogens with two attached hydrogens (primary N) is 1. The molecule has 0 aliphatic heterocycles. The molecule has 6 heteroatoms. The zero-order chi connectivity index (χ0) is 8.91. The van der Waals surface area contributed by atoms with E-state index in [2.05, 4.69) is 11.7 Å². The van der Waals surface area contributed by atoms with Gasteiger partial charge >= 0.3 is 0 Å². The van der Waals surface area contributed by atoms with Gasteiger partial charge in [-0.2, -0.15) is 8.42 Å². The number of rotatable bonds is 4. The third-order valence-corrected chi connectivity index (χ3v) is 1.34. The minimum absolute atomic E-state index is 0.0833. The van der Waals surface area contributed by atoms with Crippen LogP contribution in [0.2, 0.25) is 0 Å². The summed E-state index contributed by atoms with van der Waals surface area (Å²) in [6, 6.07) is 0. The van der Waals surface area contributed by atoms with Crippen molar-refractivity contribution in [2.75, 3.05) is 0 Å². The van der Waals surface area contributed by atoms with Crippen LogP contribution in [0.3, 0.4) is 0 Å². The molecule has 0 saturated heterocycles. The lowest BCUT2D eigenvalue weighted by Crippen LogP contribution is -2.35. The van der Waals surface area contributed by atoms with Crippen molar-refractivity contribution >= 4 is 16.1 Å². The van der Waals surface area contributed by atoms with E-state index in [1.165, 1.54) is 6.08 Å². The zero-order valence-electron chi connectivity index (χ0n) is 5.91. The van der Waals surface area contributed by atoms with Gasteiger partial charge in [0.2, 0.25) is 5.91 Å². The van der Waals surface area contributed by atoms with Crippen molar-refractivity contribution < 1.29 is 13.2 Å². The second-order valence-corrected chi connectivity index (χ2v) is 3.19. The van der Waals surface area contributed by atoms with E-state index in [4.69, 9.17) is 0 Å². The molecule has 11 heavy (non-hydrogen) atoms. The summed E-state index contributed by atoms with van der Waals surface area (Å²) in [5.41, 5.74) is 0. The highest BCUT2D eigenvalue weighted by atomic mass is 32.2. The van der Waals surface area contributed by atoms with E-state index in [0.717, 1.165) is 0 Å². The lowest BCUT2D eigenvalue weighted by molar-refractivity contribution is -0.119. The number of carbonyl (C=O) groups excluding carboxylic acids is 1. The van der Waals surface area contributed by atoms with Gasteiger partial charge in [0.05, 0.1) is 0 Å². The Kier molecular flexibility index (Phi) is 3.77. The van der Waals surface area contributed by atoms with Crippen LogP contribution in [0.15, 0.2) is 12.7 Å². The normalized spacial score (nSPS) is 10.6. The van der Waals surface area contributed by atoms with Gasteiger partial charge in [0, 0.05) is 6.42 Å². The van der Waals surface area contributed by atoms with Crippen molar-refractivity contribution in [3.63, 3.8) is 0 Å². The number of hydrogen-bond donors (Lipinski definition) is 2. The van der Waals surface area contributed by atoms with Crippen LogP contribution in [-0.2, 0) is 15.0 Å². The van der Waals surface area contributed by atoms with Gasteiger partial charge in [0.1, 0.15) is 0 Å². The predicted molar refractivity (Wildman–Crippen MR) is 40.7 cm³/mol. The number of carbonyl (C=O) groups is 1. The highest BCUT2D eigenvalue weighted by molar-refractivity contribution is 7.87. The van der Waals surface area contributed by atoms with Gasteiger partial charge in [-0.1, -0.05) is 6.08 Å². The van der Waals surface area contributed by atoms with Crippen molar-refractivity contribution in [1.82, 2.24) is 4.72 Å². The Labute approximate surface area is 65.5 Å². The molecule has 3 N–H and O–H groups in total. The molecule has 0 aliphatic carbocycles. The molecule has 1 amide bonds. The molecule has 0 rings (SSSR count). The van der Waals surface area contributed by atoms with Gasteiger partial charge in [-0.25, -0.2) is 9.86 Å². The third kappa shape index (κ3) is 7.01. The van der Waals surface area contributed by atoms with Crippen LogP contribution in [0, 0.1) is 0 Å². The van der Waals surface area contributed by atoms with Crippen molar-refractivity contribution in [3.8, 4) is 0 Å². The summed E-state index contributed by atoms with van der Waals surface area (Å²) in [7, 11) is -3.89. The summed E-state index contributed by atoms with van der Waals surface area (Å²) in [6.45, 7) is 3.37. The van der Waals surface area contributed by atoms with Gasteiger partial charge in [-0.15, -0.1) is 6.58 Å². The fourth-order valence-electron chi connectivity index (χ4n) is 0.443. The van der Waals surface area contributed by atoms with Gasteiger partial charge in [-0.05, 0) is 6.42 Å². The van der Waals surface area contributed by atoms with Crippen LogP contribution in [0.4, 0.5) is 0 Å². The molecular weight excluding hydrogens is 168 g/mol. The SMILES string of the molecule is C=CCCC(=O)NS(N)(=O)=O. The van der Waals surface area contributed by atoms with Gasteiger partial charge in [0.25, 0.3) is 10.2 Å². The van der Waals surface area contributed by atoms with E-state index in [-0.39, 0.29) is 6.42 Å². The second kappa shape index (κ2) is 4.09. The van der Waals surface area contributed by atoms with E-state index in [1.54, 1.807) is 4.72 Å². The number of hydrogen-bond acceptors (Lipinski definition) is 3. The summed E-state index contributed by atoms with van der Waals surface area (Å²) in [5, 5.41) is 4.52. The molecule has 0 heterocycles. The summed E-state index contributed by atoms with van der Waals surface area (Å²) >= 11 is 0. The lowest BCUT2D eigenvalue weighted by atomic mass is 10.3. The smallest absolute Gasteiger partial charge is 0.274 e. The van der Waals surface area contributed by atoms with Crippen LogP contribution in [-0.4, -0.2) is 14.3 Å². The van der Waals surface area contributed by atoms with E-state index in [9.17, 15) is 13.2 Å². The van der Waals surface area contributed by atoms with Crippen molar-refractivity contribution in [2.45, 2.75) is 12.8 Å². The Morgan fingerprint density at radius 3 is 2.55 bits per heavy atom. The Balaban J connectivity index is 3.80. The third-order valence-electron chi connectivity index (χ3n) is 0.832. The molecular formula is C5H10N2O3S. The Morgan fingerprint density at radius 1 is 1.64 bits per heavy atom. The highest BCUT2D eigenvalue weighted by Gasteiger charge is 2.06. The average molecular weight is 178 g/mol. The maximum atomic E-state index is 10.6. The summed E-state index contributed by atoms with van der Waals surface area (Å²) < 4.78 is 22.1. The van der Waals surface area contributed by atoms with E-state index in [0.29, 0.717) is 6.42 Å². The van der Waals surface area contributed by atoms with Crippen LogP contribution in [0.5, 0.6) is 0 Å². The zero-order valence-corrected chi connectivity index (χ0v) is 6.73. The number of nitrogens with one attached hydrogen (secondary N) is 1. The minimum atomic E-state index is -3.89. The molecule has 0 spiro atoms. The first-order valence-corrected chi connectivity index (χ1v) is 4.44. The lowest BCUT2D eigenvalue weighted by Gasteiger charge is -1.98. The minimum Gasteiger partial charge on any atom is -0.274 e. The Hall–Kier alpha value is -0.880. The molecule has 0 unspecified atom stereocenters. The largest absolute Gasteiger partial charge is 0.298 e. The van der Waals surface area contributed by atoms with E-state index < -0.39 is 16.1 Å². The van der Waals surface area contributed by atoms with Crippen molar-refractivity contribution in [3.05, 3.63) is 12.7 Å². The first kappa shape index (κ1) is 10.1. The Morgan fingerprint density at radius 2 is 2.18 bits per heavy atom. The first-order chi connectivity index (χ1) is 4.95. The van der Waals surface area contributed by atoms with Crippen LogP contribution < -0.4 is 9.86 Å². The monoisotopic (exact) mass is 178 g/mol. The molecule has 0 bridgehead atoms. The first-order valence-electron chi connectivity index (χ1n) is 2.90. The van der Waals surface area contributed by atoms with Gasteiger partial charge < -0.3 is 0 Å². The number of amides is 1. The van der Waals surface area contributed by atoms with Crippen molar-refractivity contribution in [1.29, 1.82) is 0 Å². The topological polar surface area (TPSA) is 89.3 Å². The quantitative estimate of drug-likeness (QED) is 0.556. The summed E-state index contributed by atoms with van der Waals surface area (Å²) in [6.07, 6.45) is 2.03. The predicted octanol–water partition coefficient (Wildman–Crippen LogP) is -0.728. The van der Waals surface area contributed by atoms with Crippen LogP contribution >= 0.6 is 0 Å². The van der Waals surface area contributed by atoms with E-state index in [1.807, 2.05) is 0 Å². The molecule has 5 nitrogen and oxygen atoms in total. The van der Waals surface area contributed by atoms with E-state index >= 15 is 0 Å². The van der Waals surface area contributed by atoms with Crippen LogP contribution in [0.25, 0.3) is 0 Å². The second-order valence-electron chi connectivity index (χ2n) is 1.90. The summed E-state index contributed by atoms with van der Waals surface area (Å²) in [5.74, 6) is -0.618. The summed E-state index contributed by atoms with van der Waals surface area (Å²) in [4.78, 5) is 10.6. The molecule has 0 radical (unpaired) electrons. The maximum absolute atomic E-state index is 10.6. The van der Waals surface area contributed by atoms with Crippen LogP contribution in [0.1, 0.15) is 12.8 Å². The standard InChI is InChI=1S/C5H10N2O3S/c1-2-3-4-5(8)7-11(6,9)10/h2H,1,3-4H2,(H,7,8)(H2,6,9,10). The fourth-order valence-corrected chi connectivity index (χ4v) is 0.862. The molecule has 64 valence electrons.